The minimum Gasteiger partial charge on any atom is -0.508 e. The Bertz CT molecular complexity index is 627. The van der Waals surface area contributed by atoms with Crippen molar-refractivity contribution in [1.29, 1.82) is 0 Å². The van der Waals surface area contributed by atoms with E-state index in [1.807, 2.05) is 30.3 Å². The van der Waals surface area contributed by atoms with Crippen molar-refractivity contribution in [2.45, 2.75) is 0 Å². The molecule has 0 aliphatic carbocycles. The van der Waals surface area contributed by atoms with Crippen LogP contribution in [-0.2, 0) is 0 Å². The highest BCUT2D eigenvalue weighted by Gasteiger charge is 2.02. The third-order valence-corrected chi connectivity index (χ3v) is 2.50. The second-order valence-electron chi connectivity index (χ2n) is 3.78. The van der Waals surface area contributed by atoms with Crippen LogP contribution in [-0.4, -0.2) is 15.1 Å². The molecule has 2 aromatic carbocycles. The van der Waals surface area contributed by atoms with E-state index < -0.39 is 0 Å². The number of nitrogens with zero attached hydrogens (tertiary/aromatic N) is 1. The highest BCUT2D eigenvalue weighted by Crippen LogP contribution is 2.20. The van der Waals surface area contributed by atoms with E-state index in [9.17, 15) is 5.11 Å². The van der Waals surface area contributed by atoms with E-state index >= 15 is 0 Å². The van der Waals surface area contributed by atoms with E-state index in [4.69, 9.17) is 0 Å². The number of hydrogen-bond donors (Lipinski definition) is 3. The number of imidazole rings is 1. The number of phenols is 1. The van der Waals surface area contributed by atoms with Crippen LogP contribution >= 0.6 is 0 Å². The number of para-hydroxylation sites is 2. The van der Waals surface area contributed by atoms with Gasteiger partial charge in [-0.05, 0) is 24.3 Å². The molecule has 4 heteroatoms. The number of aromatic hydroxyl groups is 1. The van der Waals surface area contributed by atoms with Crippen molar-refractivity contribution in [3.05, 3.63) is 48.5 Å². The lowest BCUT2D eigenvalue weighted by atomic mass is 10.3. The molecular weight excluding hydrogens is 214 g/mol. The molecule has 3 aromatic rings. The van der Waals surface area contributed by atoms with Crippen LogP contribution in [0.3, 0.4) is 0 Å². The van der Waals surface area contributed by atoms with E-state index in [2.05, 4.69) is 15.3 Å². The lowest BCUT2D eigenvalue weighted by Crippen LogP contribution is -1.91. The molecule has 0 atom stereocenters. The first-order chi connectivity index (χ1) is 8.31. The van der Waals surface area contributed by atoms with Gasteiger partial charge in [0.05, 0.1) is 11.0 Å². The molecule has 0 radical (unpaired) electrons. The summed E-state index contributed by atoms with van der Waals surface area (Å²) in [5, 5.41) is 12.5. The molecule has 3 rings (SSSR count). The van der Waals surface area contributed by atoms with Crippen LogP contribution in [0.2, 0.25) is 0 Å². The van der Waals surface area contributed by atoms with Gasteiger partial charge in [0.2, 0.25) is 5.95 Å². The van der Waals surface area contributed by atoms with Crippen LogP contribution in [0, 0.1) is 0 Å². The SMILES string of the molecule is Oc1cccc(Nc2nc3ccccc3[nH]2)c1. The van der Waals surface area contributed by atoms with E-state index in [-0.39, 0.29) is 5.75 Å². The summed E-state index contributed by atoms with van der Waals surface area (Å²) >= 11 is 0. The minimum absolute atomic E-state index is 0.228. The highest BCUT2D eigenvalue weighted by atomic mass is 16.3. The first-order valence-electron chi connectivity index (χ1n) is 5.32. The first-order valence-corrected chi connectivity index (χ1v) is 5.32. The van der Waals surface area contributed by atoms with Crippen molar-refractivity contribution in [3.8, 4) is 5.75 Å². The smallest absolute Gasteiger partial charge is 0.205 e. The van der Waals surface area contributed by atoms with Crippen molar-refractivity contribution in [3.63, 3.8) is 0 Å². The van der Waals surface area contributed by atoms with Crippen LogP contribution in [0.5, 0.6) is 5.75 Å². The molecule has 0 aliphatic rings. The number of phenolic OH excluding ortho intramolecular Hbond substituents is 1. The zero-order chi connectivity index (χ0) is 11.7. The van der Waals surface area contributed by atoms with Gasteiger partial charge in [0.15, 0.2) is 0 Å². The van der Waals surface area contributed by atoms with Crippen molar-refractivity contribution >= 4 is 22.7 Å². The molecule has 0 aliphatic heterocycles. The van der Waals surface area contributed by atoms with Gasteiger partial charge in [0, 0.05) is 11.8 Å². The third-order valence-electron chi connectivity index (χ3n) is 2.50. The lowest BCUT2D eigenvalue weighted by molar-refractivity contribution is 0.475. The predicted molar refractivity (Wildman–Crippen MR) is 67.5 cm³/mol. The Morgan fingerprint density at radius 3 is 2.76 bits per heavy atom. The maximum Gasteiger partial charge on any atom is 0.205 e. The molecule has 3 N–H and O–H groups in total. The fraction of sp³-hybridized carbons (Fsp3) is 0. The van der Waals surface area contributed by atoms with Crippen LogP contribution in [0.1, 0.15) is 0 Å². The Balaban J connectivity index is 1.94. The molecule has 84 valence electrons. The highest BCUT2D eigenvalue weighted by molar-refractivity contribution is 5.78. The number of hydrogen-bond acceptors (Lipinski definition) is 3. The zero-order valence-corrected chi connectivity index (χ0v) is 9.01. The molecular formula is C13H11N3O. The predicted octanol–water partition coefficient (Wildman–Crippen LogP) is 3.01. The molecule has 17 heavy (non-hydrogen) atoms. The van der Waals surface area contributed by atoms with Gasteiger partial charge in [0.1, 0.15) is 5.75 Å². The van der Waals surface area contributed by atoms with Crippen LogP contribution in [0.15, 0.2) is 48.5 Å². The van der Waals surface area contributed by atoms with Gasteiger partial charge in [-0.25, -0.2) is 4.98 Å². The summed E-state index contributed by atoms with van der Waals surface area (Å²) in [4.78, 5) is 7.55. The Morgan fingerprint density at radius 1 is 1.06 bits per heavy atom. The Morgan fingerprint density at radius 2 is 1.94 bits per heavy atom. The maximum absolute atomic E-state index is 9.36. The van der Waals surface area contributed by atoms with Crippen LogP contribution in [0.25, 0.3) is 11.0 Å². The van der Waals surface area contributed by atoms with Gasteiger partial charge in [-0.3, -0.25) is 0 Å². The average molecular weight is 225 g/mol. The molecule has 0 fully saturated rings. The van der Waals surface area contributed by atoms with Crippen molar-refractivity contribution in [2.24, 2.45) is 0 Å². The van der Waals surface area contributed by atoms with Gasteiger partial charge in [0.25, 0.3) is 0 Å². The Labute approximate surface area is 97.9 Å². The molecule has 0 saturated carbocycles. The summed E-state index contributed by atoms with van der Waals surface area (Å²) in [7, 11) is 0. The molecule has 0 spiro atoms. The largest absolute Gasteiger partial charge is 0.508 e. The zero-order valence-electron chi connectivity index (χ0n) is 9.01. The topological polar surface area (TPSA) is 60.9 Å². The van der Waals surface area contributed by atoms with Crippen molar-refractivity contribution < 1.29 is 5.11 Å². The third kappa shape index (κ3) is 1.92. The Kier molecular flexibility index (Phi) is 2.19. The van der Waals surface area contributed by atoms with Crippen molar-refractivity contribution in [1.82, 2.24) is 9.97 Å². The quantitative estimate of drug-likeness (QED) is 0.628. The molecule has 0 bridgehead atoms. The van der Waals surface area contributed by atoms with Crippen molar-refractivity contribution in [2.75, 3.05) is 5.32 Å². The molecule has 0 amide bonds. The fourth-order valence-corrected chi connectivity index (χ4v) is 1.73. The summed E-state index contributed by atoms with van der Waals surface area (Å²) in [5.41, 5.74) is 2.69. The normalized spacial score (nSPS) is 10.6. The number of H-pyrrole nitrogens is 1. The average Bonchev–Trinajstić information content (AvgIpc) is 2.71. The molecule has 4 nitrogen and oxygen atoms in total. The second kappa shape index (κ2) is 3.83. The van der Waals surface area contributed by atoms with Crippen LogP contribution < -0.4 is 5.32 Å². The molecule has 1 heterocycles. The van der Waals surface area contributed by atoms with Crippen LogP contribution in [0.4, 0.5) is 11.6 Å². The van der Waals surface area contributed by atoms with Gasteiger partial charge < -0.3 is 15.4 Å². The van der Waals surface area contributed by atoms with Gasteiger partial charge in [-0.15, -0.1) is 0 Å². The number of rotatable bonds is 2. The number of aromatic amines is 1. The lowest BCUT2D eigenvalue weighted by Gasteiger charge is -2.02. The van der Waals surface area contributed by atoms with Gasteiger partial charge >= 0.3 is 0 Å². The number of nitrogens with one attached hydrogen (secondary N) is 2. The first kappa shape index (κ1) is 9.72. The fourth-order valence-electron chi connectivity index (χ4n) is 1.73. The van der Waals surface area contributed by atoms with Gasteiger partial charge in [-0.2, -0.15) is 0 Å². The van der Waals surface area contributed by atoms with Gasteiger partial charge in [-0.1, -0.05) is 18.2 Å². The summed E-state index contributed by atoms with van der Waals surface area (Å²) in [6.45, 7) is 0. The Hall–Kier alpha value is -2.49. The number of benzene rings is 2. The van der Waals surface area contributed by atoms with E-state index in [1.54, 1.807) is 18.2 Å². The summed E-state index contributed by atoms with van der Waals surface area (Å²) in [5.74, 6) is 0.892. The molecule has 0 saturated heterocycles. The van der Waals surface area contributed by atoms with E-state index in [0.717, 1.165) is 16.7 Å². The number of aromatic nitrogens is 2. The summed E-state index contributed by atoms with van der Waals surface area (Å²) in [6, 6.07) is 14.7. The summed E-state index contributed by atoms with van der Waals surface area (Å²) < 4.78 is 0. The molecule has 0 unspecified atom stereocenters. The standard InChI is InChI=1S/C13H11N3O/c17-10-5-3-4-9(8-10)14-13-15-11-6-1-2-7-12(11)16-13/h1-8,17H,(H2,14,15,16). The number of anilines is 2. The minimum atomic E-state index is 0.228. The maximum atomic E-state index is 9.36. The molecule has 1 aromatic heterocycles. The van der Waals surface area contributed by atoms with E-state index in [1.165, 1.54) is 0 Å². The summed E-state index contributed by atoms with van der Waals surface area (Å²) in [6.07, 6.45) is 0. The van der Waals surface area contributed by atoms with E-state index in [0.29, 0.717) is 5.95 Å². The second-order valence-corrected chi connectivity index (χ2v) is 3.78. The number of fused-ring (bicyclic) bond motifs is 1. The monoisotopic (exact) mass is 225 g/mol.